The first-order chi connectivity index (χ1) is 14.4. The summed E-state index contributed by atoms with van der Waals surface area (Å²) in [4.78, 5) is 26.0. The molecule has 1 aliphatic heterocycles. The zero-order chi connectivity index (χ0) is 21.6. The molecule has 0 N–H and O–H groups in total. The van der Waals surface area contributed by atoms with Crippen LogP contribution in [0.5, 0.6) is 0 Å². The van der Waals surface area contributed by atoms with Crippen LogP contribution in [0, 0.1) is 0 Å². The number of esters is 2. The van der Waals surface area contributed by atoms with Gasteiger partial charge in [0.15, 0.2) is 0 Å². The Bertz CT molecular complexity index is 974. The maximum absolute atomic E-state index is 13.0. The molecule has 0 bridgehead atoms. The summed E-state index contributed by atoms with van der Waals surface area (Å²) >= 11 is 1.04. The van der Waals surface area contributed by atoms with Gasteiger partial charge in [-0.2, -0.15) is 4.31 Å². The van der Waals surface area contributed by atoms with Gasteiger partial charge in [-0.3, -0.25) is 9.69 Å². The number of carbonyl (C=O) groups is 2. The quantitative estimate of drug-likeness (QED) is 0.593. The predicted octanol–water partition coefficient (Wildman–Crippen LogP) is 1.97. The molecule has 2 aromatic rings. The lowest BCUT2D eigenvalue weighted by Crippen LogP contribution is -2.37. The van der Waals surface area contributed by atoms with E-state index >= 15 is 0 Å². The highest BCUT2D eigenvalue weighted by Crippen LogP contribution is 2.26. The molecule has 0 amide bonds. The lowest BCUT2D eigenvalue weighted by molar-refractivity contribution is -0.146. The molecule has 3 rings (SSSR count). The molecule has 10 heteroatoms. The monoisotopic (exact) mass is 452 g/mol. The minimum absolute atomic E-state index is 0.0323. The van der Waals surface area contributed by atoms with E-state index < -0.39 is 16.0 Å². The highest BCUT2D eigenvalue weighted by atomic mass is 32.2. The average molecular weight is 453 g/mol. The van der Waals surface area contributed by atoms with Crippen molar-refractivity contribution >= 4 is 33.3 Å². The van der Waals surface area contributed by atoms with Crippen LogP contribution < -0.4 is 0 Å². The number of thiophene rings is 1. The van der Waals surface area contributed by atoms with Crippen LogP contribution in [0.3, 0.4) is 0 Å². The summed E-state index contributed by atoms with van der Waals surface area (Å²) in [5.41, 5.74) is 0.913. The molecule has 0 atom stereocenters. The van der Waals surface area contributed by atoms with Crippen LogP contribution in [0.15, 0.2) is 46.7 Å². The van der Waals surface area contributed by atoms with E-state index in [-0.39, 0.29) is 35.4 Å². The Balaban J connectivity index is 1.57. The zero-order valence-corrected chi connectivity index (χ0v) is 18.3. The minimum Gasteiger partial charge on any atom is -0.465 e. The molecule has 0 aliphatic carbocycles. The Morgan fingerprint density at radius 3 is 2.57 bits per heavy atom. The third-order valence-electron chi connectivity index (χ3n) is 4.76. The summed E-state index contributed by atoms with van der Waals surface area (Å²) in [6.07, 6.45) is 0.572. The molecular formula is C20H24N2O6S2. The van der Waals surface area contributed by atoms with Gasteiger partial charge in [-0.05, 0) is 23.4 Å². The largest absolute Gasteiger partial charge is 0.465 e. The summed E-state index contributed by atoms with van der Waals surface area (Å²) < 4.78 is 37.5. The van der Waals surface area contributed by atoms with Gasteiger partial charge in [-0.25, -0.2) is 13.2 Å². The fourth-order valence-electron chi connectivity index (χ4n) is 3.19. The van der Waals surface area contributed by atoms with Gasteiger partial charge in [0.05, 0.1) is 13.7 Å². The normalized spacial score (nSPS) is 16.0. The van der Waals surface area contributed by atoms with Crippen LogP contribution in [0.2, 0.25) is 0 Å². The van der Waals surface area contributed by atoms with Crippen molar-refractivity contribution in [1.29, 1.82) is 0 Å². The Kier molecular flexibility index (Phi) is 7.59. The maximum Gasteiger partial charge on any atom is 0.349 e. The van der Waals surface area contributed by atoms with E-state index in [1.54, 1.807) is 5.38 Å². The van der Waals surface area contributed by atoms with E-state index in [1.807, 2.05) is 35.2 Å². The number of sulfonamides is 1. The fourth-order valence-corrected chi connectivity index (χ4v) is 5.97. The molecule has 8 nitrogen and oxygen atoms in total. The number of methoxy groups -OCH3 is 1. The molecular weight excluding hydrogens is 428 g/mol. The maximum atomic E-state index is 13.0. The van der Waals surface area contributed by atoms with Gasteiger partial charge in [0, 0.05) is 26.2 Å². The van der Waals surface area contributed by atoms with Gasteiger partial charge < -0.3 is 9.47 Å². The lowest BCUT2D eigenvalue weighted by Gasteiger charge is -2.21. The van der Waals surface area contributed by atoms with Crippen LogP contribution in [0.25, 0.3) is 0 Å². The van der Waals surface area contributed by atoms with E-state index in [9.17, 15) is 18.0 Å². The Hall–Kier alpha value is -2.27. The van der Waals surface area contributed by atoms with Crippen molar-refractivity contribution in [2.75, 3.05) is 39.8 Å². The molecule has 0 radical (unpaired) electrons. The molecule has 1 aromatic carbocycles. The molecule has 0 spiro atoms. The van der Waals surface area contributed by atoms with Crippen LogP contribution >= 0.6 is 11.3 Å². The van der Waals surface area contributed by atoms with Crippen molar-refractivity contribution in [3.8, 4) is 0 Å². The lowest BCUT2D eigenvalue weighted by atomic mass is 10.2. The van der Waals surface area contributed by atoms with Crippen molar-refractivity contribution < 1.29 is 27.5 Å². The Labute approximate surface area is 180 Å². The van der Waals surface area contributed by atoms with E-state index in [2.05, 4.69) is 4.74 Å². The molecule has 0 saturated carbocycles. The van der Waals surface area contributed by atoms with Gasteiger partial charge in [-0.15, -0.1) is 11.3 Å². The van der Waals surface area contributed by atoms with Crippen molar-refractivity contribution in [3.63, 3.8) is 0 Å². The van der Waals surface area contributed by atoms with Crippen LogP contribution in [-0.2, 0) is 30.9 Å². The summed E-state index contributed by atoms with van der Waals surface area (Å²) in [6, 6.07) is 10.9. The van der Waals surface area contributed by atoms with Gasteiger partial charge in [0.25, 0.3) is 0 Å². The SMILES string of the molecule is COC(=O)c1sccc1S(=O)(=O)N1CCCN(CC(=O)OCc2ccccc2)CC1. The van der Waals surface area contributed by atoms with E-state index in [1.165, 1.54) is 17.5 Å². The topological polar surface area (TPSA) is 93.2 Å². The number of benzene rings is 1. The number of hydrogen-bond acceptors (Lipinski definition) is 8. The van der Waals surface area contributed by atoms with Gasteiger partial charge >= 0.3 is 11.9 Å². The van der Waals surface area contributed by atoms with Crippen LogP contribution in [0.1, 0.15) is 21.7 Å². The standard InChI is InChI=1S/C20H24N2O6S2/c1-27-20(24)19-17(8-13-29-19)30(25,26)22-10-5-9-21(11-12-22)14-18(23)28-15-16-6-3-2-4-7-16/h2-4,6-8,13H,5,9-12,14-15H2,1H3. The molecule has 1 fully saturated rings. The second-order valence-corrected chi connectivity index (χ2v) is 9.61. The number of carbonyl (C=O) groups excluding carboxylic acids is 2. The minimum atomic E-state index is -3.83. The van der Waals surface area contributed by atoms with Crippen molar-refractivity contribution in [2.24, 2.45) is 0 Å². The number of hydrogen-bond donors (Lipinski definition) is 0. The highest BCUT2D eigenvalue weighted by molar-refractivity contribution is 7.89. The smallest absolute Gasteiger partial charge is 0.349 e. The number of ether oxygens (including phenoxy) is 2. The number of rotatable bonds is 7. The third-order valence-corrected chi connectivity index (χ3v) is 7.73. The molecule has 30 heavy (non-hydrogen) atoms. The summed E-state index contributed by atoms with van der Waals surface area (Å²) in [7, 11) is -2.60. The average Bonchev–Trinajstić information content (AvgIpc) is 3.14. The second-order valence-electron chi connectivity index (χ2n) is 6.79. The van der Waals surface area contributed by atoms with Crippen LogP contribution in [-0.4, -0.2) is 69.4 Å². The molecule has 162 valence electrons. The molecule has 1 aliphatic rings. The Morgan fingerprint density at radius 1 is 1.07 bits per heavy atom. The highest BCUT2D eigenvalue weighted by Gasteiger charge is 2.32. The van der Waals surface area contributed by atoms with E-state index in [0.29, 0.717) is 26.1 Å². The summed E-state index contributed by atoms with van der Waals surface area (Å²) in [5.74, 6) is -1.01. The molecule has 0 unspecified atom stereocenters. The molecule has 1 aromatic heterocycles. The predicted molar refractivity (Wildman–Crippen MR) is 112 cm³/mol. The third kappa shape index (κ3) is 5.45. The van der Waals surface area contributed by atoms with E-state index in [0.717, 1.165) is 16.9 Å². The fraction of sp³-hybridized carbons (Fsp3) is 0.400. The van der Waals surface area contributed by atoms with Crippen molar-refractivity contribution in [2.45, 2.75) is 17.9 Å². The van der Waals surface area contributed by atoms with Crippen LogP contribution in [0.4, 0.5) is 0 Å². The summed E-state index contributed by atoms with van der Waals surface area (Å²) in [6.45, 7) is 1.84. The zero-order valence-electron chi connectivity index (χ0n) is 16.7. The first-order valence-corrected chi connectivity index (χ1v) is 11.8. The molecule has 2 heterocycles. The van der Waals surface area contributed by atoms with Crippen molar-refractivity contribution in [1.82, 2.24) is 9.21 Å². The van der Waals surface area contributed by atoms with Gasteiger partial charge in [0.2, 0.25) is 10.0 Å². The first kappa shape index (κ1) is 22.4. The number of nitrogens with zero attached hydrogens (tertiary/aromatic N) is 2. The Morgan fingerprint density at radius 2 is 1.83 bits per heavy atom. The second kappa shape index (κ2) is 10.2. The van der Waals surface area contributed by atoms with Crippen molar-refractivity contribution in [3.05, 3.63) is 52.2 Å². The van der Waals surface area contributed by atoms with Gasteiger partial charge in [0.1, 0.15) is 16.4 Å². The molecule has 1 saturated heterocycles. The van der Waals surface area contributed by atoms with Gasteiger partial charge in [-0.1, -0.05) is 30.3 Å². The summed E-state index contributed by atoms with van der Waals surface area (Å²) in [5, 5.41) is 1.56. The first-order valence-electron chi connectivity index (χ1n) is 9.49. The van der Waals surface area contributed by atoms with E-state index in [4.69, 9.17) is 4.74 Å².